The molecule has 9 heteroatoms. The molecule has 0 saturated carbocycles. The van der Waals surface area contributed by atoms with Crippen molar-refractivity contribution in [2.24, 2.45) is 4.99 Å². The summed E-state index contributed by atoms with van der Waals surface area (Å²) in [7, 11) is 0. The molecule has 0 N–H and O–H groups in total. The zero-order valence-electron chi connectivity index (χ0n) is 19.9. The molecule has 4 rings (SSSR count). The first-order valence-corrected chi connectivity index (χ1v) is 11.6. The molecule has 0 atom stereocenters. The molecule has 1 aliphatic heterocycles. The Morgan fingerprint density at radius 2 is 1.86 bits per heavy atom. The Morgan fingerprint density at radius 3 is 2.56 bits per heavy atom. The third kappa shape index (κ3) is 5.39. The van der Waals surface area contributed by atoms with Gasteiger partial charge in [-0.05, 0) is 56.2 Å². The second kappa shape index (κ2) is 10.6. The molecule has 1 heterocycles. The van der Waals surface area contributed by atoms with Gasteiger partial charge in [0.05, 0.1) is 16.6 Å². The number of hydrogen-bond donors (Lipinski definition) is 0. The zero-order chi connectivity index (χ0) is 25.8. The van der Waals surface area contributed by atoms with Crippen LogP contribution in [0.25, 0.3) is 6.08 Å². The lowest BCUT2D eigenvalue weighted by Gasteiger charge is -2.14. The number of nitro benzene ring substituents is 1. The third-order valence-electron chi connectivity index (χ3n) is 5.49. The number of halogens is 1. The second-order valence-corrected chi connectivity index (χ2v) is 8.49. The van der Waals surface area contributed by atoms with Crippen LogP contribution in [0.2, 0.25) is 5.02 Å². The molecular weight excluding hydrogens is 484 g/mol. The highest BCUT2D eigenvalue weighted by Gasteiger charge is 2.27. The van der Waals surface area contributed by atoms with Crippen LogP contribution < -0.4 is 9.47 Å². The first-order chi connectivity index (χ1) is 17.3. The fourth-order valence-electron chi connectivity index (χ4n) is 3.65. The number of nitrogens with zero attached hydrogens (tertiary/aromatic N) is 2. The SMILES string of the molecule is CCOc1cc(/C=C2\N=C(c3cccc([N+](=O)[O-])c3C)OC2=O)cc(Cl)c1OCc1ccc(C)cc1. The molecule has 0 aromatic heterocycles. The number of hydrogen-bond acceptors (Lipinski definition) is 7. The first kappa shape index (κ1) is 24.9. The number of aliphatic imine (C=N–C) groups is 1. The minimum atomic E-state index is -0.676. The molecule has 0 radical (unpaired) electrons. The summed E-state index contributed by atoms with van der Waals surface area (Å²) in [6.07, 6.45) is 1.51. The van der Waals surface area contributed by atoms with Gasteiger partial charge in [0, 0.05) is 17.2 Å². The molecule has 36 heavy (non-hydrogen) atoms. The van der Waals surface area contributed by atoms with Crippen molar-refractivity contribution in [1.82, 2.24) is 0 Å². The molecule has 0 fully saturated rings. The fraction of sp³-hybridized carbons (Fsp3) is 0.185. The van der Waals surface area contributed by atoms with Crippen molar-refractivity contribution in [3.05, 3.63) is 103 Å². The number of carbonyl (C=O) groups excluding carboxylic acids is 1. The number of nitro groups is 1. The average Bonchev–Trinajstić information content (AvgIpc) is 3.19. The molecule has 0 spiro atoms. The van der Waals surface area contributed by atoms with Gasteiger partial charge in [-0.1, -0.05) is 47.5 Å². The van der Waals surface area contributed by atoms with E-state index >= 15 is 0 Å². The van der Waals surface area contributed by atoms with Crippen molar-refractivity contribution in [2.75, 3.05) is 6.61 Å². The molecule has 8 nitrogen and oxygen atoms in total. The van der Waals surface area contributed by atoms with Gasteiger partial charge in [-0.2, -0.15) is 0 Å². The largest absolute Gasteiger partial charge is 0.490 e. The average molecular weight is 507 g/mol. The van der Waals surface area contributed by atoms with Crippen molar-refractivity contribution in [2.45, 2.75) is 27.4 Å². The lowest BCUT2D eigenvalue weighted by atomic mass is 10.1. The van der Waals surface area contributed by atoms with Gasteiger partial charge in [0.15, 0.2) is 17.2 Å². The number of ether oxygens (including phenoxy) is 3. The summed E-state index contributed by atoms with van der Waals surface area (Å²) in [6, 6.07) is 15.8. The van der Waals surface area contributed by atoms with E-state index in [4.69, 9.17) is 25.8 Å². The van der Waals surface area contributed by atoms with E-state index in [1.165, 1.54) is 18.2 Å². The van der Waals surface area contributed by atoms with E-state index < -0.39 is 10.9 Å². The van der Waals surface area contributed by atoms with E-state index in [0.29, 0.717) is 46.4 Å². The van der Waals surface area contributed by atoms with Crippen molar-refractivity contribution in [1.29, 1.82) is 0 Å². The van der Waals surface area contributed by atoms with Crippen LogP contribution in [-0.2, 0) is 16.1 Å². The van der Waals surface area contributed by atoms with Crippen LogP contribution in [0.4, 0.5) is 5.69 Å². The highest BCUT2D eigenvalue weighted by molar-refractivity contribution is 6.32. The summed E-state index contributed by atoms with van der Waals surface area (Å²) in [5, 5.41) is 11.6. The Morgan fingerprint density at radius 1 is 1.11 bits per heavy atom. The lowest BCUT2D eigenvalue weighted by molar-refractivity contribution is -0.385. The predicted octanol–water partition coefficient (Wildman–Crippen LogP) is 6.19. The number of esters is 1. The van der Waals surface area contributed by atoms with Crippen LogP contribution in [0.1, 0.15) is 34.7 Å². The van der Waals surface area contributed by atoms with Crippen LogP contribution in [0.15, 0.2) is 65.3 Å². The molecule has 3 aromatic carbocycles. The van der Waals surface area contributed by atoms with Gasteiger partial charge < -0.3 is 14.2 Å². The summed E-state index contributed by atoms with van der Waals surface area (Å²) < 4.78 is 17.0. The summed E-state index contributed by atoms with van der Waals surface area (Å²) in [5.74, 6) is 0.145. The highest BCUT2D eigenvalue weighted by atomic mass is 35.5. The Bertz CT molecular complexity index is 1400. The number of rotatable bonds is 8. The number of cyclic esters (lactones) is 1. The minimum absolute atomic E-state index is 0.00151. The van der Waals surface area contributed by atoms with Crippen LogP contribution in [0.5, 0.6) is 11.5 Å². The highest BCUT2D eigenvalue weighted by Crippen LogP contribution is 2.38. The maximum Gasteiger partial charge on any atom is 0.363 e. The minimum Gasteiger partial charge on any atom is -0.490 e. The van der Waals surface area contributed by atoms with E-state index in [9.17, 15) is 14.9 Å². The Balaban J connectivity index is 1.63. The Kier molecular flexibility index (Phi) is 7.36. The van der Waals surface area contributed by atoms with Gasteiger partial charge in [-0.25, -0.2) is 9.79 Å². The van der Waals surface area contributed by atoms with Gasteiger partial charge in [-0.3, -0.25) is 10.1 Å². The maximum absolute atomic E-state index is 12.5. The van der Waals surface area contributed by atoms with Crippen molar-refractivity contribution >= 4 is 35.2 Å². The third-order valence-corrected chi connectivity index (χ3v) is 5.77. The van der Waals surface area contributed by atoms with E-state index in [2.05, 4.69) is 4.99 Å². The van der Waals surface area contributed by atoms with Gasteiger partial charge in [0.2, 0.25) is 5.90 Å². The molecule has 0 aliphatic carbocycles. The predicted molar refractivity (Wildman–Crippen MR) is 137 cm³/mol. The van der Waals surface area contributed by atoms with Crippen LogP contribution in [0.3, 0.4) is 0 Å². The van der Waals surface area contributed by atoms with E-state index in [1.54, 1.807) is 25.1 Å². The van der Waals surface area contributed by atoms with Gasteiger partial charge in [-0.15, -0.1) is 0 Å². The Hall–Kier alpha value is -4.17. The summed E-state index contributed by atoms with van der Waals surface area (Å²) in [5.41, 5.74) is 3.36. The molecule has 0 unspecified atom stereocenters. The molecule has 3 aromatic rings. The molecule has 0 bridgehead atoms. The first-order valence-electron chi connectivity index (χ1n) is 11.2. The van der Waals surface area contributed by atoms with Crippen LogP contribution >= 0.6 is 11.6 Å². The summed E-state index contributed by atoms with van der Waals surface area (Å²) in [4.78, 5) is 27.5. The maximum atomic E-state index is 12.5. The second-order valence-electron chi connectivity index (χ2n) is 8.08. The number of aryl methyl sites for hydroxylation is 1. The number of benzene rings is 3. The normalized spacial score (nSPS) is 13.9. The standard InChI is InChI=1S/C27H23ClN2O6/c1-4-34-24-14-19(12-21(28)25(24)35-15-18-10-8-16(2)9-11-18)13-22-27(31)36-26(29-22)20-6-5-7-23(17(20)3)30(32)33/h5-14H,4,15H2,1-3H3/b22-13-. The number of carbonyl (C=O) groups is 1. The summed E-state index contributed by atoms with van der Waals surface area (Å²) in [6.45, 7) is 6.13. The molecule has 184 valence electrons. The molecule has 0 saturated heterocycles. The Labute approximate surface area is 212 Å². The molecule has 1 aliphatic rings. The van der Waals surface area contributed by atoms with Crippen LogP contribution in [0, 0.1) is 24.0 Å². The van der Waals surface area contributed by atoms with E-state index in [-0.39, 0.29) is 17.3 Å². The zero-order valence-corrected chi connectivity index (χ0v) is 20.7. The quantitative estimate of drug-likeness (QED) is 0.156. The van der Waals surface area contributed by atoms with Crippen molar-refractivity contribution < 1.29 is 23.9 Å². The fourth-order valence-corrected chi connectivity index (χ4v) is 3.92. The van der Waals surface area contributed by atoms with Gasteiger partial charge in [0.1, 0.15) is 6.61 Å². The van der Waals surface area contributed by atoms with E-state index in [0.717, 1.165) is 11.1 Å². The molecular formula is C27H23ClN2O6. The molecule has 0 amide bonds. The van der Waals surface area contributed by atoms with Crippen LogP contribution in [-0.4, -0.2) is 23.4 Å². The van der Waals surface area contributed by atoms with Gasteiger partial charge in [0.25, 0.3) is 5.69 Å². The smallest absolute Gasteiger partial charge is 0.363 e. The van der Waals surface area contributed by atoms with Gasteiger partial charge >= 0.3 is 5.97 Å². The van der Waals surface area contributed by atoms with Crippen molar-refractivity contribution in [3.63, 3.8) is 0 Å². The van der Waals surface area contributed by atoms with Crippen molar-refractivity contribution in [3.8, 4) is 11.5 Å². The summed E-state index contributed by atoms with van der Waals surface area (Å²) >= 11 is 6.53. The topological polar surface area (TPSA) is 100 Å². The van der Waals surface area contributed by atoms with E-state index in [1.807, 2.05) is 38.1 Å². The lowest BCUT2D eigenvalue weighted by Crippen LogP contribution is -2.08. The monoisotopic (exact) mass is 506 g/mol.